The second-order valence-corrected chi connectivity index (χ2v) is 7.11. The molecule has 1 amide bonds. The molecule has 0 aliphatic carbocycles. The quantitative estimate of drug-likeness (QED) is 0.616. The van der Waals surface area contributed by atoms with E-state index in [0.717, 1.165) is 27.5 Å². The summed E-state index contributed by atoms with van der Waals surface area (Å²) in [5.74, 6) is 0.801. The summed E-state index contributed by atoms with van der Waals surface area (Å²) >= 11 is 1.56. The molecule has 0 fully saturated rings. The highest BCUT2D eigenvalue weighted by atomic mass is 32.1. The van der Waals surface area contributed by atoms with Gasteiger partial charge in [-0.3, -0.25) is 0 Å². The second kappa shape index (κ2) is 9.23. The van der Waals surface area contributed by atoms with Crippen LogP contribution in [0.1, 0.15) is 6.42 Å². The van der Waals surface area contributed by atoms with E-state index in [2.05, 4.69) is 9.95 Å². The summed E-state index contributed by atoms with van der Waals surface area (Å²) in [6.45, 7) is 1.05. The van der Waals surface area contributed by atoms with Gasteiger partial charge in [-0.25, -0.2) is 4.99 Å². The predicted octanol–water partition coefficient (Wildman–Crippen LogP) is 3.12. The number of carboxylic acid groups (broad SMARTS) is 1. The van der Waals surface area contributed by atoms with Gasteiger partial charge in [-0.2, -0.15) is 0 Å². The molecule has 0 unspecified atom stereocenters. The van der Waals surface area contributed by atoms with Crippen molar-refractivity contribution in [3.8, 4) is 17.0 Å². The number of thiazole rings is 1. The van der Waals surface area contributed by atoms with Crippen molar-refractivity contribution in [3.05, 3.63) is 64.8 Å². The minimum Gasteiger partial charge on any atom is -0.530 e. The predicted molar refractivity (Wildman–Crippen MR) is 109 cm³/mol. The molecule has 3 rings (SSSR count). The van der Waals surface area contributed by atoms with Crippen LogP contribution in [0.3, 0.4) is 0 Å². The summed E-state index contributed by atoms with van der Waals surface area (Å²) in [6, 6.07) is 17.7. The van der Waals surface area contributed by atoms with Crippen LogP contribution in [-0.4, -0.2) is 36.3 Å². The molecule has 0 N–H and O–H groups in total. The van der Waals surface area contributed by atoms with E-state index in [-0.39, 0.29) is 0 Å². The van der Waals surface area contributed by atoms with Gasteiger partial charge in [0.1, 0.15) is 11.8 Å². The number of rotatable bonds is 7. The number of benzene rings is 2. The molecule has 3 aromatic rings. The summed E-state index contributed by atoms with van der Waals surface area (Å²) in [6.07, 6.45) is -0.508. The first-order valence-electron chi connectivity index (χ1n) is 8.93. The Morgan fingerprint density at radius 2 is 1.89 bits per heavy atom. The summed E-state index contributed by atoms with van der Waals surface area (Å²) in [7, 11) is 3.16. The Kier molecular flexibility index (Phi) is 6.49. The highest BCUT2D eigenvalue weighted by molar-refractivity contribution is 7.07. The highest BCUT2D eigenvalue weighted by Crippen LogP contribution is 2.24. The Bertz CT molecular complexity index is 978. The SMILES string of the molecule is COc1ccc(-c2csc(=Nc3ccccc3)n2CCCN(C)C(=O)[O-])cc1. The van der Waals surface area contributed by atoms with Gasteiger partial charge >= 0.3 is 0 Å². The van der Waals surface area contributed by atoms with E-state index in [1.165, 1.54) is 11.9 Å². The zero-order valence-corrected chi connectivity index (χ0v) is 16.7. The average molecular weight is 396 g/mol. The molecular weight excluding hydrogens is 374 g/mol. The van der Waals surface area contributed by atoms with Crippen molar-refractivity contribution in [2.45, 2.75) is 13.0 Å². The molecule has 0 saturated carbocycles. The zero-order chi connectivity index (χ0) is 19.9. The smallest absolute Gasteiger partial charge is 0.190 e. The number of carbonyl (C=O) groups excluding carboxylic acids is 1. The number of methoxy groups -OCH3 is 1. The summed E-state index contributed by atoms with van der Waals surface area (Å²) in [5, 5.41) is 13.0. The molecule has 0 bridgehead atoms. The monoisotopic (exact) mass is 396 g/mol. The molecule has 1 aromatic heterocycles. The minimum atomic E-state index is -1.17. The van der Waals surface area contributed by atoms with Crippen molar-refractivity contribution in [1.82, 2.24) is 9.47 Å². The van der Waals surface area contributed by atoms with Crippen molar-refractivity contribution in [2.24, 2.45) is 4.99 Å². The first-order valence-corrected chi connectivity index (χ1v) is 9.81. The van der Waals surface area contributed by atoms with Crippen LogP contribution in [0.4, 0.5) is 10.5 Å². The maximum Gasteiger partial charge on any atom is 0.190 e. The number of ether oxygens (including phenoxy) is 1. The van der Waals surface area contributed by atoms with Crippen LogP contribution in [0.25, 0.3) is 11.3 Å². The molecule has 0 spiro atoms. The number of aromatic nitrogens is 1. The van der Waals surface area contributed by atoms with E-state index in [4.69, 9.17) is 9.73 Å². The normalized spacial score (nSPS) is 11.4. The van der Waals surface area contributed by atoms with E-state index in [0.29, 0.717) is 19.5 Å². The molecule has 146 valence electrons. The van der Waals surface area contributed by atoms with Crippen molar-refractivity contribution >= 4 is 23.1 Å². The molecular formula is C21H22N3O3S-. The Hall–Kier alpha value is -3.06. The highest BCUT2D eigenvalue weighted by Gasteiger charge is 2.09. The van der Waals surface area contributed by atoms with Crippen LogP contribution >= 0.6 is 11.3 Å². The fourth-order valence-electron chi connectivity index (χ4n) is 2.80. The van der Waals surface area contributed by atoms with Crippen molar-refractivity contribution in [3.63, 3.8) is 0 Å². The lowest BCUT2D eigenvalue weighted by Crippen LogP contribution is -2.39. The van der Waals surface area contributed by atoms with Crippen molar-refractivity contribution in [1.29, 1.82) is 0 Å². The minimum absolute atomic E-state index is 0.401. The summed E-state index contributed by atoms with van der Waals surface area (Å²) in [4.78, 5) is 17.8. The van der Waals surface area contributed by atoms with Crippen LogP contribution in [0.15, 0.2) is 65.0 Å². The standard InChI is InChI=1S/C21H23N3O3S/c1-23(21(25)26)13-6-14-24-19(16-9-11-18(27-2)12-10-16)15-28-20(24)22-17-7-4-3-5-8-17/h3-5,7-12,15H,6,13-14H2,1-2H3,(H,25,26)/p-1. The van der Waals surface area contributed by atoms with E-state index in [1.807, 2.05) is 54.6 Å². The number of nitrogens with zero attached hydrogens (tertiary/aromatic N) is 3. The molecule has 7 heteroatoms. The third-order valence-corrected chi connectivity index (χ3v) is 5.21. The van der Waals surface area contributed by atoms with Gasteiger partial charge in [0.2, 0.25) is 0 Å². The van der Waals surface area contributed by atoms with E-state index >= 15 is 0 Å². The Morgan fingerprint density at radius 3 is 2.54 bits per heavy atom. The van der Waals surface area contributed by atoms with Gasteiger partial charge < -0.3 is 24.1 Å². The molecule has 0 atom stereocenters. The summed E-state index contributed by atoms with van der Waals surface area (Å²) < 4.78 is 7.37. The Labute approximate surface area is 168 Å². The van der Waals surface area contributed by atoms with E-state index in [1.54, 1.807) is 18.4 Å². The molecule has 0 aliphatic rings. The van der Waals surface area contributed by atoms with Gasteiger partial charge in [-0.05, 0) is 48.4 Å². The van der Waals surface area contributed by atoms with E-state index < -0.39 is 6.09 Å². The molecule has 0 saturated heterocycles. The lowest BCUT2D eigenvalue weighted by molar-refractivity contribution is -0.264. The first kappa shape index (κ1) is 19.7. The van der Waals surface area contributed by atoms with Crippen molar-refractivity contribution < 1.29 is 14.6 Å². The fraction of sp³-hybridized carbons (Fsp3) is 0.238. The first-order chi connectivity index (χ1) is 13.6. The number of hydrogen-bond donors (Lipinski definition) is 0. The molecule has 2 aromatic carbocycles. The lowest BCUT2D eigenvalue weighted by Gasteiger charge is -2.19. The average Bonchev–Trinajstić information content (AvgIpc) is 3.11. The second-order valence-electron chi connectivity index (χ2n) is 6.27. The third kappa shape index (κ3) is 4.80. The van der Waals surface area contributed by atoms with Crippen LogP contribution in [0, 0.1) is 0 Å². The third-order valence-electron chi connectivity index (χ3n) is 4.35. The van der Waals surface area contributed by atoms with Crippen LogP contribution in [-0.2, 0) is 6.54 Å². The zero-order valence-electron chi connectivity index (χ0n) is 15.9. The number of para-hydroxylation sites is 1. The largest absolute Gasteiger partial charge is 0.530 e. The maximum atomic E-state index is 10.9. The molecule has 28 heavy (non-hydrogen) atoms. The number of amides is 1. The van der Waals surface area contributed by atoms with Gasteiger partial charge in [0.15, 0.2) is 4.80 Å². The lowest BCUT2D eigenvalue weighted by atomic mass is 10.1. The maximum absolute atomic E-state index is 10.9. The van der Waals surface area contributed by atoms with Crippen LogP contribution < -0.4 is 14.6 Å². The van der Waals surface area contributed by atoms with Gasteiger partial charge in [-0.15, -0.1) is 11.3 Å². The molecule has 0 aliphatic heterocycles. The molecule has 6 nitrogen and oxygen atoms in total. The van der Waals surface area contributed by atoms with Gasteiger partial charge in [0.05, 0.1) is 18.5 Å². The fourth-order valence-corrected chi connectivity index (χ4v) is 3.75. The molecule has 0 radical (unpaired) electrons. The Morgan fingerprint density at radius 1 is 1.18 bits per heavy atom. The number of hydrogen-bond acceptors (Lipinski definition) is 5. The number of carbonyl (C=O) groups is 1. The van der Waals surface area contributed by atoms with Gasteiger partial charge in [-0.1, -0.05) is 18.2 Å². The topological polar surface area (TPSA) is 69.9 Å². The van der Waals surface area contributed by atoms with E-state index in [9.17, 15) is 9.90 Å². The summed E-state index contributed by atoms with van der Waals surface area (Å²) in [5.41, 5.74) is 2.98. The van der Waals surface area contributed by atoms with Gasteiger partial charge in [0.25, 0.3) is 0 Å². The van der Waals surface area contributed by atoms with Gasteiger partial charge in [0, 0.05) is 25.5 Å². The van der Waals surface area contributed by atoms with Crippen LogP contribution in [0.2, 0.25) is 0 Å². The Balaban J connectivity index is 1.94. The van der Waals surface area contributed by atoms with Crippen LogP contribution in [0.5, 0.6) is 5.75 Å². The molecule has 1 heterocycles. The van der Waals surface area contributed by atoms with Crippen molar-refractivity contribution in [2.75, 3.05) is 20.7 Å².